The first kappa shape index (κ1) is 17.7. The van der Waals surface area contributed by atoms with Crippen molar-refractivity contribution in [3.63, 3.8) is 0 Å². The summed E-state index contributed by atoms with van der Waals surface area (Å²) in [5.74, 6) is 0.836. The van der Waals surface area contributed by atoms with Crippen LogP contribution in [0.2, 0.25) is 0 Å². The van der Waals surface area contributed by atoms with E-state index in [1.54, 1.807) is 0 Å². The number of ether oxygens (including phenoxy) is 2. The third kappa shape index (κ3) is 4.12. The smallest absolute Gasteiger partial charge is 0.408 e. The van der Waals surface area contributed by atoms with Gasteiger partial charge in [0.1, 0.15) is 11.4 Å². The number of aromatic nitrogens is 2. The second-order valence-electron chi connectivity index (χ2n) is 7.57. The van der Waals surface area contributed by atoms with Crippen molar-refractivity contribution in [3.05, 3.63) is 30.1 Å². The van der Waals surface area contributed by atoms with E-state index >= 15 is 0 Å². The summed E-state index contributed by atoms with van der Waals surface area (Å²) >= 11 is 0. The van der Waals surface area contributed by atoms with Crippen LogP contribution >= 0.6 is 0 Å². The first-order chi connectivity index (χ1) is 11.8. The molecule has 1 aliphatic rings. The lowest BCUT2D eigenvalue weighted by molar-refractivity contribution is 0.0493. The predicted molar refractivity (Wildman–Crippen MR) is 96.6 cm³/mol. The van der Waals surface area contributed by atoms with Gasteiger partial charge in [-0.15, -0.1) is 0 Å². The van der Waals surface area contributed by atoms with Gasteiger partial charge in [0.05, 0.1) is 29.7 Å². The van der Waals surface area contributed by atoms with Gasteiger partial charge in [0.15, 0.2) is 0 Å². The van der Waals surface area contributed by atoms with Crippen molar-refractivity contribution in [1.82, 2.24) is 14.9 Å². The Kier molecular flexibility index (Phi) is 4.99. The Morgan fingerprint density at radius 3 is 2.84 bits per heavy atom. The third-order valence-corrected chi connectivity index (χ3v) is 4.25. The maximum absolute atomic E-state index is 12.2. The highest BCUT2D eigenvalue weighted by Crippen LogP contribution is 2.29. The highest BCUT2D eigenvalue weighted by Gasteiger charge is 2.26. The molecule has 25 heavy (non-hydrogen) atoms. The summed E-state index contributed by atoms with van der Waals surface area (Å²) in [5.41, 5.74) is 1.48. The number of carbonyl (C=O) groups is 1. The number of hydrogen-bond donors (Lipinski definition) is 1. The first-order valence-corrected chi connectivity index (χ1v) is 8.89. The van der Waals surface area contributed by atoms with Gasteiger partial charge in [-0.1, -0.05) is 12.1 Å². The van der Waals surface area contributed by atoms with E-state index in [1.807, 2.05) is 45.9 Å². The van der Waals surface area contributed by atoms with Gasteiger partial charge in [0, 0.05) is 6.61 Å². The molecule has 1 amide bonds. The number of rotatable bonds is 3. The predicted octanol–water partition coefficient (Wildman–Crippen LogP) is 3.97. The van der Waals surface area contributed by atoms with Gasteiger partial charge in [0.25, 0.3) is 0 Å². The zero-order valence-corrected chi connectivity index (χ0v) is 15.4. The fraction of sp³-hybridized carbons (Fsp3) is 0.579. The van der Waals surface area contributed by atoms with Gasteiger partial charge < -0.3 is 19.4 Å². The van der Waals surface area contributed by atoms with Crippen molar-refractivity contribution in [2.75, 3.05) is 13.2 Å². The molecule has 3 rings (SSSR count). The summed E-state index contributed by atoms with van der Waals surface area (Å²) < 4.78 is 13.3. The number of alkyl carbamates (subject to hydrolysis) is 1. The van der Waals surface area contributed by atoms with Gasteiger partial charge in [-0.2, -0.15) is 0 Å². The average molecular weight is 345 g/mol. The molecular formula is C19H27N3O3. The van der Waals surface area contributed by atoms with Crippen LogP contribution in [0.1, 0.15) is 58.4 Å². The maximum atomic E-state index is 12.2. The minimum atomic E-state index is -0.527. The van der Waals surface area contributed by atoms with Crippen molar-refractivity contribution in [2.45, 2.75) is 58.2 Å². The minimum absolute atomic E-state index is 0.235. The number of nitrogens with one attached hydrogen (secondary N) is 1. The number of benzene rings is 1. The van der Waals surface area contributed by atoms with Crippen LogP contribution in [0.4, 0.5) is 4.79 Å². The number of amides is 1. The molecule has 0 aliphatic carbocycles. The van der Waals surface area contributed by atoms with Crippen molar-refractivity contribution in [2.24, 2.45) is 0 Å². The molecule has 1 saturated heterocycles. The lowest BCUT2D eigenvalue weighted by atomic mass is 10.1. The van der Waals surface area contributed by atoms with Gasteiger partial charge in [-0.3, -0.25) is 0 Å². The Labute approximate surface area is 148 Å². The molecule has 1 aromatic carbocycles. The monoisotopic (exact) mass is 345 g/mol. The van der Waals surface area contributed by atoms with Gasteiger partial charge in [-0.05, 0) is 52.7 Å². The molecule has 6 nitrogen and oxygen atoms in total. The lowest BCUT2D eigenvalue weighted by Gasteiger charge is -2.28. The number of carbonyl (C=O) groups excluding carboxylic acids is 1. The molecule has 2 atom stereocenters. The Morgan fingerprint density at radius 2 is 2.16 bits per heavy atom. The fourth-order valence-corrected chi connectivity index (χ4v) is 3.23. The summed E-state index contributed by atoms with van der Waals surface area (Å²) in [5, 5.41) is 2.91. The summed E-state index contributed by atoms with van der Waals surface area (Å²) in [6, 6.07) is 8.04. The van der Waals surface area contributed by atoms with Crippen molar-refractivity contribution >= 4 is 17.1 Å². The highest BCUT2D eigenvalue weighted by molar-refractivity contribution is 5.76. The van der Waals surface area contributed by atoms with E-state index in [0.717, 1.165) is 36.3 Å². The van der Waals surface area contributed by atoms with E-state index in [4.69, 9.17) is 14.5 Å². The highest BCUT2D eigenvalue weighted by atomic mass is 16.6. The molecule has 1 aromatic heterocycles. The fourth-order valence-electron chi connectivity index (χ4n) is 3.23. The molecule has 1 unspecified atom stereocenters. The largest absolute Gasteiger partial charge is 0.444 e. The normalized spacial score (nSPS) is 19.6. The standard InChI is InChI=1S/C19H27N3O3/c1-13(20-18(23)25-19(2,3)4)17-21-15-9-5-6-10-16(15)22(17)14-8-7-11-24-12-14/h5-6,9-10,13-14H,7-8,11-12H2,1-4H3,(H,20,23)/t13-,14?/m0/s1. The molecule has 136 valence electrons. The second-order valence-corrected chi connectivity index (χ2v) is 7.57. The number of imidazole rings is 1. The first-order valence-electron chi connectivity index (χ1n) is 8.89. The molecule has 0 spiro atoms. The van der Waals surface area contributed by atoms with E-state index in [1.165, 1.54) is 0 Å². The summed E-state index contributed by atoms with van der Waals surface area (Å²) in [7, 11) is 0. The van der Waals surface area contributed by atoms with E-state index in [9.17, 15) is 4.79 Å². The summed E-state index contributed by atoms with van der Waals surface area (Å²) in [4.78, 5) is 16.9. The van der Waals surface area contributed by atoms with Crippen molar-refractivity contribution < 1.29 is 14.3 Å². The molecule has 6 heteroatoms. The zero-order chi connectivity index (χ0) is 18.0. The van der Waals surface area contributed by atoms with Crippen LogP contribution in [0, 0.1) is 0 Å². The Bertz CT molecular complexity index is 742. The van der Waals surface area contributed by atoms with E-state index in [2.05, 4.69) is 16.0 Å². The molecule has 1 fully saturated rings. The van der Waals surface area contributed by atoms with E-state index in [0.29, 0.717) is 6.61 Å². The number of nitrogens with zero attached hydrogens (tertiary/aromatic N) is 2. The Morgan fingerprint density at radius 1 is 1.40 bits per heavy atom. The van der Waals surface area contributed by atoms with Gasteiger partial charge >= 0.3 is 6.09 Å². The molecule has 2 heterocycles. The van der Waals surface area contributed by atoms with E-state index < -0.39 is 11.7 Å². The average Bonchev–Trinajstić information content (AvgIpc) is 2.93. The Balaban J connectivity index is 1.90. The van der Waals surface area contributed by atoms with Crippen LogP contribution in [-0.4, -0.2) is 34.5 Å². The minimum Gasteiger partial charge on any atom is -0.444 e. The molecule has 0 radical (unpaired) electrons. The van der Waals surface area contributed by atoms with Crippen LogP contribution < -0.4 is 5.32 Å². The molecule has 1 N–H and O–H groups in total. The van der Waals surface area contributed by atoms with Crippen LogP contribution in [0.3, 0.4) is 0 Å². The Hall–Kier alpha value is -2.08. The van der Waals surface area contributed by atoms with Crippen LogP contribution in [0.25, 0.3) is 11.0 Å². The maximum Gasteiger partial charge on any atom is 0.408 e. The van der Waals surface area contributed by atoms with Crippen molar-refractivity contribution in [3.8, 4) is 0 Å². The topological polar surface area (TPSA) is 65.4 Å². The second kappa shape index (κ2) is 7.04. The zero-order valence-electron chi connectivity index (χ0n) is 15.4. The molecular weight excluding hydrogens is 318 g/mol. The van der Waals surface area contributed by atoms with Gasteiger partial charge in [0.2, 0.25) is 0 Å². The lowest BCUT2D eigenvalue weighted by Crippen LogP contribution is -2.35. The molecule has 2 aromatic rings. The number of hydrogen-bond acceptors (Lipinski definition) is 4. The quantitative estimate of drug-likeness (QED) is 0.914. The number of fused-ring (bicyclic) bond motifs is 1. The third-order valence-electron chi connectivity index (χ3n) is 4.25. The summed E-state index contributed by atoms with van der Waals surface area (Å²) in [6.45, 7) is 8.98. The van der Waals surface area contributed by atoms with Gasteiger partial charge in [-0.25, -0.2) is 9.78 Å². The van der Waals surface area contributed by atoms with Crippen LogP contribution in [0.5, 0.6) is 0 Å². The van der Waals surface area contributed by atoms with E-state index in [-0.39, 0.29) is 12.1 Å². The molecule has 0 bridgehead atoms. The molecule has 1 aliphatic heterocycles. The number of para-hydroxylation sites is 2. The van der Waals surface area contributed by atoms with Crippen LogP contribution in [0.15, 0.2) is 24.3 Å². The van der Waals surface area contributed by atoms with Crippen LogP contribution in [-0.2, 0) is 9.47 Å². The SMILES string of the molecule is C[C@H](NC(=O)OC(C)(C)C)c1nc2ccccc2n1C1CCCOC1. The summed E-state index contributed by atoms with van der Waals surface area (Å²) in [6.07, 6.45) is 1.65. The van der Waals surface area contributed by atoms with Crippen molar-refractivity contribution in [1.29, 1.82) is 0 Å². The molecule has 0 saturated carbocycles.